The second kappa shape index (κ2) is 6.43. The van der Waals surface area contributed by atoms with E-state index in [0.29, 0.717) is 0 Å². The highest BCUT2D eigenvalue weighted by Crippen LogP contribution is 2.13. The third-order valence-electron chi connectivity index (χ3n) is 0.474. The van der Waals surface area contributed by atoms with E-state index in [4.69, 9.17) is 9.90 Å². The molecule has 14 heavy (non-hydrogen) atoms. The van der Waals surface area contributed by atoms with Gasteiger partial charge in [-0.3, -0.25) is 0 Å². The lowest BCUT2D eigenvalue weighted by Crippen LogP contribution is -2.21. The van der Waals surface area contributed by atoms with Gasteiger partial charge in [0.2, 0.25) is 0 Å². The van der Waals surface area contributed by atoms with Crippen molar-refractivity contribution in [3.63, 3.8) is 0 Å². The van der Waals surface area contributed by atoms with E-state index < -0.39 is 24.9 Å². The molecule has 0 aliphatic carbocycles. The van der Waals surface area contributed by atoms with Crippen LogP contribution in [-0.4, -0.2) is 35.4 Å². The minimum Gasteiger partial charge on any atom is -0.475 e. The SMILES string of the molecule is NCC(F)(F)F.O.O=C(O)C(F)(F)F. The fraction of sp³-hybridized carbons (Fsp3) is 0.750. The average molecular weight is 231 g/mol. The molecule has 0 fully saturated rings. The topological polar surface area (TPSA) is 94.8 Å². The Balaban J connectivity index is -0.000000163. The molecular formula is C4H7F6NO3. The Labute approximate surface area is 73.6 Å². The van der Waals surface area contributed by atoms with Crippen LogP contribution >= 0.6 is 0 Å². The number of alkyl halides is 6. The van der Waals surface area contributed by atoms with E-state index >= 15 is 0 Å². The quantitative estimate of drug-likeness (QED) is 0.587. The van der Waals surface area contributed by atoms with Gasteiger partial charge < -0.3 is 16.3 Å². The summed E-state index contributed by atoms with van der Waals surface area (Å²) in [7, 11) is 0. The van der Waals surface area contributed by atoms with Crippen LogP contribution in [0.2, 0.25) is 0 Å². The Hall–Kier alpha value is -1.03. The van der Waals surface area contributed by atoms with Crippen LogP contribution in [0.3, 0.4) is 0 Å². The molecular weight excluding hydrogens is 224 g/mol. The molecule has 0 unspecified atom stereocenters. The molecule has 0 aliphatic heterocycles. The Kier molecular flexibility index (Phi) is 8.58. The first-order valence-electron chi connectivity index (χ1n) is 2.57. The van der Waals surface area contributed by atoms with E-state index in [2.05, 4.69) is 5.73 Å². The summed E-state index contributed by atoms with van der Waals surface area (Å²) in [5.74, 6) is -2.76. The normalized spacial score (nSPS) is 10.8. The van der Waals surface area contributed by atoms with Gasteiger partial charge in [-0.25, -0.2) is 4.79 Å². The lowest BCUT2D eigenvalue weighted by Gasteiger charge is -1.96. The van der Waals surface area contributed by atoms with Crippen molar-refractivity contribution in [3.05, 3.63) is 0 Å². The van der Waals surface area contributed by atoms with E-state index in [1.807, 2.05) is 0 Å². The zero-order chi connectivity index (χ0) is 11.3. The van der Waals surface area contributed by atoms with Crippen molar-refractivity contribution >= 4 is 5.97 Å². The summed E-state index contributed by atoms with van der Waals surface area (Å²) in [4.78, 5) is 8.90. The van der Waals surface area contributed by atoms with Gasteiger partial charge in [0, 0.05) is 0 Å². The molecule has 0 aliphatic rings. The Morgan fingerprint density at radius 3 is 1.29 bits per heavy atom. The monoisotopic (exact) mass is 231 g/mol. The summed E-state index contributed by atoms with van der Waals surface area (Å²) in [6.07, 6.45) is -9.26. The molecule has 88 valence electrons. The molecule has 0 heterocycles. The Bertz CT molecular complexity index is 163. The number of hydrogen-bond donors (Lipinski definition) is 2. The lowest BCUT2D eigenvalue weighted by atomic mass is 10.7. The maximum Gasteiger partial charge on any atom is 0.490 e. The number of aliphatic carboxylic acids is 1. The van der Waals surface area contributed by atoms with Gasteiger partial charge in [-0.05, 0) is 0 Å². The molecule has 0 aromatic carbocycles. The number of nitrogens with two attached hydrogens (primary N) is 1. The molecule has 0 aromatic rings. The number of rotatable bonds is 0. The first-order valence-corrected chi connectivity index (χ1v) is 2.57. The molecule has 5 N–H and O–H groups in total. The van der Waals surface area contributed by atoms with Gasteiger partial charge >= 0.3 is 18.3 Å². The first kappa shape index (κ1) is 18.7. The largest absolute Gasteiger partial charge is 0.490 e. The van der Waals surface area contributed by atoms with Gasteiger partial charge in [0.05, 0.1) is 6.54 Å². The molecule has 0 spiro atoms. The van der Waals surface area contributed by atoms with Gasteiger partial charge in [-0.2, -0.15) is 26.3 Å². The van der Waals surface area contributed by atoms with Gasteiger partial charge in [-0.1, -0.05) is 0 Å². The van der Waals surface area contributed by atoms with Crippen LogP contribution in [0.15, 0.2) is 0 Å². The zero-order valence-electron chi connectivity index (χ0n) is 6.41. The van der Waals surface area contributed by atoms with Crippen molar-refractivity contribution < 1.29 is 41.7 Å². The van der Waals surface area contributed by atoms with Crippen LogP contribution in [-0.2, 0) is 4.79 Å². The third-order valence-corrected chi connectivity index (χ3v) is 0.474. The fourth-order valence-electron chi connectivity index (χ4n) is 0. The molecule has 0 amide bonds. The van der Waals surface area contributed by atoms with E-state index in [9.17, 15) is 26.3 Å². The molecule has 0 saturated carbocycles. The second-order valence-corrected chi connectivity index (χ2v) is 1.62. The van der Waals surface area contributed by atoms with Crippen molar-refractivity contribution in [1.29, 1.82) is 0 Å². The molecule has 4 nitrogen and oxygen atoms in total. The Morgan fingerprint density at radius 2 is 1.29 bits per heavy atom. The van der Waals surface area contributed by atoms with Crippen molar-refractivity contribution in [2.45, 2.75) is 12.4 Å². The van der Waals surface area contributed by atoms with Crippen LogP contribution in [0.4, 0.5) is 26.3 Å². The van der Waals surface area contributed by atoms with Gasteiger partial charge in [0.25, 0.3) is 0 Å². The summed E-state index contributed by atoms with van der Waals surface area (Å²) in [6.45, 7) is -1.23. The van der Waals surface area contributed by atoms with Crippen LogP contribution in [0, 0.1) is 0 Å². The average Bonchev–Trinajstić information content (AvgIpc) is 1.85. The van der Waals surface area contributed by atoms with Gasteiger partial charge in [0.1, 0.15) is 0 Å². The standard InChI is InChI=1S/C2H4F3N.C2HF3O2.H2O/c3-2(4,5)1-6;3-2(4,5)1(6)7;/h1,6H2;(H,6,7);1H2. The van der Waals surface area contributed by atoms with Gasteiger partial charge in [-0.15, -0.1) is 0 Å². The van der Waals surface area contributed by atoms with Crippen molar-refractivity contribution in [2.75, 3.05) is 6.54 Å². The Morgan fingerprint density at radius 1 is 1.14 bits per heavy atom. The smallest absolute Gasteiger partial charge is 0.475 e. The molecule has 0 bridgehead atoms. The summed E-state index contributed by atoms with van der Waals surface area (Å²) in [5.41, 5.74) is 4.18. The third kappa shape index (κ3) is 17.2. The summed E-state index contributed by atoms with van der Waals surface area (Å²) in [5, 5.41) is 7.12. The minimum atomic E-state index is -5.08. The van der Waals surface area contributed by atoms with Crippen LogP contribution in [0.1, 0.15) is 0 Å². The van der Waals surface area contributed by atoms with Gasteiger partial charge in [0.15, 0.2) is 0 Å². The maximum absolute atomic E-state index is 10.7. The zero-order valence-corrected chi connectivity index (χ0v) is 6.41. The second-order valence-electron chi connectivity index (χ2n) is 1.62. The predicted octanol–water partition coefficient (Wildman–Crippen LogP) is 0.316. The highest BCUT2D eigenvalue weighted by atomic mass is 19.4. The molecule has 0 radical (unpaired) electrons. The molecule has 0 rings (SSSR count). The highest BCUT2D eigenvalue weighted by molar-refractivity contribution is 5.73. The molecule has 0 atom stereocenters. The first-order chi connectivity index (χ1) is 5.50. The van der Waals surface area contributed by atoms with E-state index in [1.54, 1.807) is 0 Å². The predicted molar refractivity (Wildman–Crippen MR) is 32.4 cm³/mol. The number of halogens is 6. The maximum atomic E-state index is 10.7. The number of carbonyl (C=O) groups is 1. The van der Waals surface area contributed by atoms with Crippen LogP contribution in [0.5, 0.6) is 0 Å². The fourth-order valence-corrected chi connectivity index (χ4v) is 0. The number of hydrogen-bond acceptors (Lipinski definition) is 2. The summed E-state index contributed by atoms with van der Waals surface area (Å²) in [6, 6.07) is 0. The van der Waals surface area contributed by atoms with E-state index in [-0.39, 0.29) is 5.48 Å². The number of carboxylic acids is 1. The molecule has 10 heteroatoms. The van der Waals surface area contributed by atoms with Crippen molar-refractivity contribution in [3.8, 4) is 0 Å². The van der Waals surface area contributed by atoms with Crippen LogP contribution < -0.4 is 5.73 Å². The minimum absolute atomic E-state index is 0. The lowest BCUT2D eigenvalue weighted by molar-refractivity contribution is -0.192. The van der Waals surface area contributed by atoms with E-state index in [0.717, 1.165) is 0 Å². The molecule has 0 aromatic heterocycles. The number of carboxylic acid groups (broad SMARTS) is 1. The summed E-state index contributed by atoms with van der Waals surface area (Å²) >= 11 is 0. The van der Waals surface area contributed by atoms with Crippen LogP contribution in [0.25, 0.3) is 0 Å². The van der Waals surface area contributed by atoms with Crippen molar-refractivity contribution in [1.82, 2.24) is 0 Å². The summed E-state index contributed by atoms with van der Waals surface area (Å²) < 4.78 is 63.7. The molecule has 0 saturated heterocycles. The van der Waals surface area contributed by atoms with Crippen molar-refractivity contribution in [2.24, 2.45) is 5.73 Å². The highest BCUT2D eigenvalue weighted by Gasteiger charge is 2.38. The van der Waals surface area contributed by atoms with E-state index in [1.165, 1.54) is 0 Å².